The molecule has 0 aliphatic rings. The summed E-state index contributed by atoms with van der Waals surface area (Å²) in [6.07, 6.45) is 2.66. The molecule has 1 heteroatoms. The van der Waals surface area contributed by atoms with Crippen LogP contribution in [0.15, 0.2) is 30.3 Å². The molecule has 0 fully saturated rings. The van der Waals surface area contributed by atoms with Gasteiger partial charge in [0.1, 0.15) is 0 Å². The number of alkyl halides is 1. The molecule has 0 nitrogen and oxygen atoms in total. The van der Waals surface area contributed by atoms with Crippen LogP contribution in [0.5, 0.6) is 0 Å². The van der Waals surface area contributed by atoms with E-state index in [1.807, 2.05) is 0 Å². The predicted molar refractivity (Wildman–Crippen MR) is 54.1 cm³/mol. The van der Waals surface area contributed by atoms with E-state index in [2.05, 4.69) is 51.1 Å². The molecular formula is C12H18I-. The Labute approximate surface area is 92.0 Å². The maximum atomic E-state index is 2.40. The van der Waals surface area contributed by atoms with E-state index in [9.17, 15) is 0 Å². The van der Waals surface area contributed by atoms with Crippen LogP contribution in [0, 0.1) is 3.57 Å². The third-order valence-corrected chi connectivity index (χ3v) is 5.28. The van der Waals surface area contributed by atoms with Crippen LogP contribution >= 0.6 is 0 Å². The first kappa shape index (κ1) is 11.0. The molecule has 0 spiro atoms. The molecule has 0 radical (unpaired) electrons. The van der Waals surface area contributed by atoms with Crippen LogP contribution < -0.4 is 21.2 Å². The molecule has 0 saturated heterocycles. The van der Waals surface area contributed by atoms with Gasteiger partial charge in [0.25, 0.3) is 0 Å². The van der Waals surface area contributed by atoms with Crippen molar-refractivity contribution in [3.8, 4) is 0 Å². The van der Waals surface area contributed by atoms with Crippen molar-refractivity contribution in [3.05, 3.63) is 33.9 Å². The van der Waals surface area contributed by atoms with Crippen molar-refractivity contribution >= 4 is 0 Å². The van der Waals surface area contributed by atoms with Crippen LogP contribution in [-0.2, 0) is 0 Å². The molecule has 0 N–H and O–H groups in total. The standard InChI is InChI=1S/C12H18I/c1-4-10-12(2,3)13-11-8-6-5-7-9-11/h5-9H,4,10H2,1-3H3/q-1. The Balaban J connectivity index is 2.58. The molecule has 1 aromatic carbocycles. The van der Waals surface area contributed by atoms with Gasteiger partial charge in [-0.05, 0) is 0 Å². The zero-order chi connectivity index (χ0) is 9.73. The van der Waals surface area contributed by atoms with Gasteiger partial charge < -0.3 is 0 Å². The summed E-state index contributed by atoms with van der Waals surface area (Å²) in [6, 6.07) is 10.9. The summed E-state index contributed by atoms with van der Waals surface area (Å²) in [5.74, 6) is 0. The number of rotatable bonds is 4. The normalized spacial score (nSPS) is 11.9. The van der Waals surface area contributed by atoms with E-state index in [-0.39, 0.29) is 21.2 Å². The Morgan fingerprint density at radius 2 is 1.77 bits per heavy atom. The van der Waals surface area contributed by atoms with E-state index < -0.39 is 0 Å². The van der Waals surface area contributed by atoms with Gasteiger partial charge in [0.05, 0.1) is 0 Å². The monoisotopic (exact) mass is 289 g/mol. The summed E-state index contributed by atoms with van der Waals surface area (Å²) in [6.45, 7) is 7.07. The van der Waals surface area contributed by atoms with Crippen molar-refractivity contribution in [2.24, 2.45) is 0 Å². The Hall–Kier alpha value is -0.0500. The van der Waals surface area contributed by atoms with Crippen molar-refractivity contribution in [3.63, 3.8) is 0 Å². The fourth-order valence-corrected chi connectivity index (χ4v) is 4.68. The Kier molecular flexibility index (Phi) is 4.23. The quantitative estimate of drug-likeness (QED) is 0.560. The van der Waals surface area contributed by atoms with E-state index in [1.54, 1.807) is 3.57 Å². The van der Waals surface area contributed by atoms with Gasteiger partial charge in [-0.25, -0.2) is 0 Å². The van der Waals surface area contributed by atoms with Crippen LogP contribution in [0.2, 0.25) is 0 Å². The van der Waals surface area contributed by atoms with Crippen molar-refractivity contribution in [2.75, 3.05) is 0 Å². The van der Waals surface area contributed by atoms with Gasteiger partial charge in [-0.15, -0.1) is 0 Å². The topological polar surface area (TPSA) is 0 Å². The third kappa shape index (κ3) is 4.12. The molecule has 0 bridgehead atoms. The summed E-state index contributed by atoms with van der Waals surface area (Å²) in [5, 5.41) is 0. The summed E-state index contributed by atoms with van der Waals surface area (Å²) in [7, 11) is 0. The van der Waals surface area contributed by atoms with Gasteiger partial charge in [0.2, 0.25) is 0 Å². The van der Waals surface area contributed by atoms with Crippen molar-refractivity contribution < 1.29 is 21.2 Å². The van der Waals surface area contributed by atoms with Crippen LogP contribution in [0.3, 0.4) is 0 Å². The molecule has 0 saturated carbocycles. The second-order valence-electron chi connectivity index (χ2n) is 3.86. The van der Waals surface area contributed by atoms with E-state index in [4.69, 9.17) is 0 Å². The number of hydrogen-bond donors (Lipinski definition) is 0. The first-order valence-electron chi connectivity index (χ1n) is 4.85. The zero-order valence-electron chi connectivity index (χ0n) is 8.68. The second kappa shape index (κ2) is 4.99. The van der Waals surface area contributed by atoms with E-state index in [0.29, 0.717) is 3.42 Å². The molecule has 0 heterocycles. The molecule has 0 atom stereocenters. The predicted octanol–water partition coefficient (Wildman–Crippen LogP) is 0.524. The molecule has 1 aromatic rings. The number of halogens is 1. The van der Waals surface area contributed by atoms with Crippen LogP contribution in [0.4, 0.5) is 0 Å². The van der Waals surface area contributed by atoms with Gasteiger partial charge in [-0.3, -0.25) is 0 Å². The molecule has 0 aliphatic heterocycles. The Morgan fingerprint density at radius 1 is 1.15 bits per heavy atom. The fraction of sp³-hybridized carbons (Fsp3) is 0.500. The number of hydrogen-bond acceptors (Lipinski definition) is 0. The molecule has 13 heavy (non-hydrogen) atoms. The molecule has 74 valence electrons. The summed E-state index contributed by atoms with van der Waals surface area (Å²) in [4.78, 5) is 0. The first-order chi connectivity index (χ1) is 6.14. The molecule has 1 rings (SSSR count). The maximum absolute atomic E-state index is 2.40. The van der Waals surface area contributed by atoms with Gasteiger partial charge in [0, 0.05) is 0 Å². The second-order valence-corrected chi connectivity index (χ2v) is 8.56. The zero-order valence-corrected chi connectivity index (χ0v) is 10.8. The van der Waals surface area contributed by atoms with Crippen LogP contribution in [0.1, 0.15) is 33.6 Å². The van der Waals surface area contributed by atoms with E-state index >= 15 is 0 Å². The fourth-order valence-electron chi connectivity index (χ4n) is 1.41. The first-order valence-corrected chi connectivity index (χ1v) is 7.01. The molecule has 0 amide bonds. The minimum atomic E-state index is 0.174. The Bertz CT molecular complexity index is 239. The van der Waals surface area contributed by atoms with Gasteiger partial charge in [0.15, 0.2) is 0 Å². The average Bonchev–Trinajstić information content (AvgIpc) is 2.04. The van der Waals surface area contributed by atoms with Crippen LogP contribution in [-0.4, -0.2) is 3.42 Å². The van der Waals surface area contributed by atoms with Crippen molar-refractivity contribution in [2.45, 2.75) is 37.0 Å². The molecule has 0 aliphatic carbocycles. The Morgan fingerprint density at radius 3 is 2.31 bits per heavy atom. The third-order valence-electron chi connectivity index (χ3n) is 1.94. The number of benzene rings is 1. The van der Waals surface area contributed by atoms with Gasteiger partial charge in [-0.2, -0.15) is 0 Å². The van der Waals surface area contributed by atoms with Crippen LogP contribution in [0.25, 0.3) is 0 Å². The minimum absolute atomic E-state index is 0.174. The molecule has 0 aromatic heterocycles. The van der Waals surface area contributed by atoms with Gasteiger partial charge >= 0.3 is 92.1 Å². The van der Waals surface area contributed by atoms with Gasteiger partial charge in [-0.1, -0.05) is 0 Å². The summed E-state index contributed by atoms with van der Waals surface area (Å²) < 4.78 is 2.13. The van der Waals surface area contributed by atoms with E-state index in [0.717, 1.165) is 0 Å². The molecule has 0 unspecified atom stereocenters. The van der Waals surface area contributed by atoms with Crippen molar-refractivity contribution in [1.82, 2.24) is 0 Å². The van der Waals surface area contributed by atoms with E-state index in [1.165, 1.54) is 12.8 Å². The average molecular weight is 289 g/mol. The van der Waals surface area contributed by atoms with Crippen molar-refractivity contribution in [1.29, 1.82) is 0 Å². The molecular weight excluding hydrogens is 271 g/mol. The summed E-state index contributed by atoms with van der Waals surface area (Å²) >= 11 is 0.174. The SMILES string of the molecule is CCCC(C)(C)[I-]c1ccccc1. The summed E-state index contributed by atoms with van der Waals surface area (Å²) in [5.41, 5.74) is 0.